The van der Waals surface area contributed by atoms with Gasteiger partial charge in [-0.1, -0.05) is 191 Å². The van der Waals surface area contributed by atoms with Gasteiger partial charge in [-0.2, -0.15) is 0 Å². The minimum atomic E-state index is -0.201. The van der Waals surface area contributed by atoms with Gasteiger partial charge in [0.05, 0.1) is 0 Å². The second kappa shape index (κ2) is 14.0. The number of benzene rings is 10. The molecule has 0 spiro atoms. The van der Waals surface area contributed by atoms with Crippen LogP contribution in [-0.2, 0) is 10.8 Å². The highest BCUT2D eigenvalue weighted by atomic mass is 15.1. The molecule has 300 valence electrons. The Morgan fingerprint density at radius 2 is 0.635 bits per heavy atom. The molecule has 0 bridgehead atoms. The molecule has 0 saturated heterocycles. The maximum atomic E-state index is 2.47. The molecule has 0 aliphatic heterocycles. The van der Waals surface area contributed by atoms with Crippen LogP contribution in [0.5, 0.6) is 0 Å². The van der Waals surface area contributed by atoms with Crippen LogP contribution >= 0.6 is 0 Å². The molecule has 0 fully saturated rings. The van der Waals surface area contributed by atoms with Gasteiger partial charge in [-0.05, 0) is 148 Å². The molecular formula is C62H47N. The van der Waals surface area contributed by atoms with Crippen molar-refractivity contribution < 1.29 is 0 Å². The molecule has 0 saturated carbocycles. The maximum Gasteiger partial charge on any atom is 0.0465 e. The summed E-state index contributed by atoms with van der Waals surface area (Å²) in [6, 6.07) is 79.1. The number of nitrogens with zero attached hydrogens (tertiary/aromatic N) is 1. The topological polar surface area (TPSA) is 3.24 Å². The van der Waals surface area contributed by atoms with Gasteiger partial charge in [-0.15, -0.1) is 0 Å². The van der Waals surface area contributed by atoms with E-state index in [1.54, 1.807) is 0 Å². The molecule has 0 aromatic heterocycles. The second-order valence-electron chi connectivity index (χ2n) is 18.5. The Bertz CT molecular complexity index is 3240. The Labute approximate surface area is 370 Å². The second-order valence-corrected chi connectivity index (χ2v) is 18.5. The maximum absolute atomic E-state index is 2.47. The number of fused-ring (bicyclic) bond motifs is 8. The van der Waals surface area contributed by atoms with Gasteiger partial charge in [0.15, 0.2) is 0 Å². The lowest BCUT2D eigenvalue weighted by Gasteiger charge is -2.30. The van der Waals surface area contributed by atoms with Gasteiger partial charge in [-0.3, -0.25) is 0 Å². The van der Waals surface area contributed by atoms with Gasteiger partial charge in [0.25, 0.3) is 0 Å². The van der Waals surface area contributed by atoms with Gasteiger partial charge in [-0.25, -0.2) is 0 Å². The first-order valence-electron chi connectivity index (χ1n) is 22.2. The van der Waals surface area contributed by atoms with E-state index in [0.29, 0.717) is 0 Å². The zero-order valence-electron chi connectivity index (χ0n) is 36.2. The lowest BCUT2D eigenvalue weighted by molar-refractivity contribution is 0.660. The van der Waals surface area contributed by atoms with Crippen molar-refractivity contribution in [2.45, 2.75) is 38.5 Å². The van der Waals surface area contributed by atoms with E-state index >= 15 is 0 Å². The van der Waals surface area contributed by atoms with Crippen molar-refractivity contribution in [2.24, 2.45) is 0 Å². The van der Waals surface area contributed by atoms with Crippen LogP contribution in [-0.4, -0.2) is 0 Å². The molecular weight excluding hydrogens is 759 g/mol. The third kappa shape index (κ3) is 5.84. The van der Waals surface area contributed by atoms with Crippen molar-refractivity contribution in [1.29, 1.82) is 0 Å². The lowest BCUT2D eigenvalue weighted by Crippen LogP contribution is -2.18. The smallest absolute Gasteiger partial charge is 0.0465 e. The molecule has 2 aliphatic rings. The fourth-order valence-electron chi connectivity index (χ4n) is 10.9. The van der Waals surface area contributed by atoms with Crippen LogP contribution in [0.2, 0.25) is 0 Å². The summed E-state index contributed by atoms with van der Waals surface area (Å²) in [5.74, 6) is 0. The van der Waals surface area contributed by atoms with Crippen LogP contribution in [0.3, 0.4) is 0 Å². The minimum Gasteiger partial charge on any atom is -0.310 e. The van der Waals surface area contributed by atoms with Crippen LogP contribution in [0.25, 0.3) is 77.2 Å². The fraction of sp³-hybridized carbons (Fsp3) is 0.0968. The highest BCUT2D eigenvalue weighted by Gasteiger charge is 2.38. The summed E-state index contributed by atoms with van der Waals surface area (Å²) in [5.41, 5.74) is 21.3. The van der Waals surface area contributed by atoms with Crippen LogP contribution < -0.4 is 4.90 Å². The van der Waals surface area contributed by atoms with E-state index in [4.69, 9.17) is 0 Å². The van der Waals surface area contributed by atoms with Crippen LogP contribution in [0, 0.1) is 0 Å². The van der Waals surface area contributed by atoms with Gasteiger partial charge in [0, 0.05) is 27.9 Å². The lowest BCUT2D eigenvalue weighted by atomic mass is 9.81. The van der Waals surface area contributed by atoms with Crippen molar-refractivity contribution in [3.63, 3.8) is 0 Å². The molecule has 0 atom stereocenters. The van der Waals surface area contributed by atoms with E-state index < -0.39 is 0 Å². The first-order chi connectivity index (χ1) is 30.7. The Morgan fingerprint density at radius 3 is 1.13 bits per heavy atom. The van der Waals surface area contributed by atoms with E-state index in [1.165, 1.54) is 99.4 Å². The summed E-state index contributed by atoms with van der Waals surface area (Å²) < 4.78 is 0. The van der Waals surface area contributed by atoms with Crippen molar-refractivity contribution in [3.8, 4) is 55.6 Å². The number of anilines is 3. The Kier molecular flexibility index (Phi) is 8.30. The molecule has 0 unspecified atom stereocenters. The predicted octanol–water partition coefficient (Wildman–Crippen LogP) is 17.1. The highest BCUT2D eigenvalue weighted by Crippen LogP contribution is 2.54. The van der Waals surface area contributed by atoms with Crippen molar-refractivity contribution >= 4 is 38.6 Å². The van der Waals surface area contributed by atoms with Crippen molar-refractivity contribution in [1.82, 2.24) is 0 Å². The van der Waals surface area contributed by atoms with Crippen LogP contribution in [0.1, 0.15) is 49.9 Å². The average molecular weight is 806 g/mol. The zero-order valence-corrected chi connectivity index (χ0v) is 36.2. The summed E-state index contributed by atoms with van der Waals surface area (Å²) in [6.45, 7) is 9.59. The molecule has 0 heterocycles. The standard InChI is InChI=1S/C62H47N/c1-61(2)57-36-44(51-22-12-18-42-16-8-10-20-49(42)51)26-32-53(57)55-34-30-47(38-59(55)61)63(46-28-24-41(25-29-46)40-14-6-5-7-15-40)48-31-35-56-54-33-27-45(37-58(54)62(3,4)60(56)39-48)52-23-13-19-43-17-9-11-21-50(43)52/h5-39H,1-4H3. The first kappa shape index (κ1) is 37.3. The fourth-order valence-corrected chi connectivity index (χ4v) is 10.9. The van der Waals surface area contributed by atoms with E-state index in [1.807, 2.05) is 0 Å². The predicted molar refractivity (Wildman–Crippen MR) is 268 cm³/mol. The third-order valence-corrected chi connectivity index (χ3v) is 14.3. The average Bonchev–Trinajstić information content (AvgIpc) is 3.69. The molecule has 0 amide bonds. The van der Waals surface area contributed by atoms with E-state index in [-0.39, 0.29) is 10.8 Å². The molecule has 0 N–H and O–H groups in total. The van der Waals surface area contributed by atoms with E-state index in [9.17, 15) is 0 Å². The van der Waals surface area contributed by atoms with Crippen molar-refractivity contribution in [2.75, 3.05) is 4.90 Å². The molecule has 2 aliphatic carbocycles. The van der Waals surface area contributed by atoms with E-state index in [2.05, 4.69) is 245 Å². The molecule has 12 rings (SSSR count). The third-order valence-electron chi connectivity index (χ3n) is 14.3. The van der Waals surface area contributed by atoms with Gasteiger partial charge < -0.3 is 4.90 Å². The van der Waals surface area contributed by atoms with Crippen LogP contribution in [0.15, 0.2) is 212 Å². The van der Waals surface area contributed by atoms with Gasteiger partial charge in [0.2, 0.25) is 0 Å². The quantitative estimate of drug-likeness (QED) is 0.162. The van der Waals surface area contributed by atoms with E-state index in [0.717, 1.165) is 17.1 Å². The molecule has 1 nitrogen and oxygen atoms in total. The van der Waals surface area contributed by atoms with Crippen LogP contribution in [0.4, 0.5) is 17.1 Å². The molecule has 63 heavy (non-hydrogen) atoms. The first-order valence-corrected chi connectivity index (χ1v) is 22.2. The summed E-state index contributed by atoms with van der Waals surface area (Å²) in [4.78, 5) is 2.47. The largest absolute Gasteiger partial charge is 0.310 e. The summed E-state index contributed by atoms with van der Waals surface area (Å²) in [7, 11) is 0. The Morgan fingerprint density at radius 1 is 0.270 bits per heavy atom. The normalized spacial score (nSPS) is 14.0. The summed E-state index contributed by atoms with van der Waals surface area (Å²) in [5, 5.41) is 5.11. The van der Waals surface area contributed by atoms with Crippen molar-refractivity contribution in [3.05, 3.63) is 235 Å². The van der Waals surface area contributed by atoms with Gasteiger partial charge >= 0.3 is 0 Å². The minimum absolute atomic E-state index is 0.201. The number of hydrogen-bond acceptors (Lipinski definition) is 1. The number of rotatable bonds is 6. The Balaban J connectivity index is 0.967. The summed E-state index contributed by atoms with van der Waals surface area (Å²) in [6.07, 6.45) is 0. The summed E-state index contributed by atoms with van der Waals surface area (Å²) >= 11 is 0. The number of hydrogen-bond donors (Lipinski definition) is 0. The monoisotopic (exact) mass is 805 g/mol. The zero-order chi connectivity index (χ0) is 42.5. The SMILES string of the molecule is CC1(C)c2cc(-c3cccc4ccccc34)ccc2-c2ccc(N(c3ccc(-c4ccccc4)cc3)c3ccc4c(c3)C(C)(C)c3cc(-c5cccc6ccccc56)ccc3-4)cc21. The van der Waals surface area contributed by atoms with Gasteiger partial charge in [0.1, 0.15) is 0 Å². The Hall–Kier alpha value is -7.48. The molecule has 0 radical (unpaired) electrons. The molecule has 10 aromatic rings. The highest BCUT2D eigenvalue weighted by molar-refractivity contribution is 5.99. The molecule has 10 aromatic carbocycles. The molecule has 1 heteroatoms.